The summed E-state index contributed by atoms with van der Waals surface area (Å²) in [5.74, 6) is 0. The average Bonchev–Trinajstić information content (AvgIpc) is 3.17. The fourth-order valence-electron chi connectivity index (χ4n) is 7.49. The molecule has 0 aliphatic heterocycles. The van der Waals surface area contributed by atoms with Crippen LogP contribution in [0.5, 0.6) is 0 Å². The summed E-state index contributed by atoms with van der Waals surface area (Å²) >= 11 is 0. The predicted octanol–water partition coefficient (Wildman–Crippen LogP) is 13.5. The van der Waals surface area contributed by atoms with E-state index >= 15 is 0 Å². The van der Waals surface area contributed by atoms with Crippen molar-refractivity contribution in [3.05, 3.63) is 194 Å². The molecule has 0 aromatic heterocycles. The fourth-order valence-corrected chi connectivity index (χ4v) is 7.49. The highest BCUT2D eigenvalue weighted by atomic mass is 14.2. The maximum atomic E-state index is 2.37. The molecular weight excluding hydrogens is 577 g/mol. The van der Waals surface area contributed by atoms with Gasteiger partial charge in [-0.3, -0.25) is 0 Å². The van der Waals surface area contributed by atoms with E-state index < -0.39 is 0 Å². The summed E-state index contributed by atoms with van der Waals surface area (Å²) < 4.78 is 0. The Morgan fingerprint density at radius 1 is 0.208 bits per heavy atom. The molecule has 0 spiro atoms. The zero-order chi connectivity index (χ0) is 31.9. The highest BCUT2D eigenvalue weighted by Crippen LogP contribution is 2.45. The lowest BCUT2D eigenvalue weighted by molar-refractivity contribution is 1.57. The predicted molar refractivity (Wildman–Crippen MR) is 206 cm³/mol. The first-order valence-corrected chi connectivity index (χ1v) is 16.6. The Balaban J connectivity index is 1.24. The van der Waals surface area contributed by atoms with Crippen molar-refractivity contribution in [1.82, 2.24) is 0 Å². The molecule has 9 aromatic rings. The topological polar surface area (TPSA) is 0 Å². The van der Waals surface area contributed by atoms with E-state index in [-0.39, 0.29) is 0 Å². The summed E-state index contributed by atoms with van der Waals surface area (Å²) in [6, 6.07) is 70.7. The van der Waals surface area contributed by atoms with Crippen LogP contribution in [-0.2, 0) is 0 Å². The molecular formula is C48H32. The van der Waals surface area contributed by atoms with Crippen LogP contribution in [0.2, 0.25) is 0 Å². The summed E-state index contributed by atoms with van der Waals surface area (Å²) in [5, 5.41) is 7.56. The summed E-state index contributed by atoms with van der Waals surface area (Å²) in [5.41, 5.74) is 12.5. The number of fused-ring (bicyclic) bond motifs is 3. The molecule has 0 heteroatoms. The monoisotopic (exact) mass is 608 g/mol. The van der Waals surface area contributed by atoms with E-state index in [2.05, 4.69) is 194 Å². The van der Waals surface area contributed by atoms with E-state index in [4.69, 9.17) is 0 Å². The maximum Gasteiger partial charge on any atom is -0.00262 e. The molecule has 0 amide bonds. The van der Waals surface area contributed by atoms with Gasteiger partial charge < -0.3 is 0 Å². The third kappa shape index (κ3) is 4.78. The zero-order valence-electron chi connectivity index (χ0n) is 26.5. The minimum Gasteiger partial charge on any atom is -0.0622 e. The molecule has 0 unspecified atom stereocenters. The lowest BCUT2D eigenvalue weighted by Gasteiger charge is -2.18. The first-order chi connectivity index (χ1) is 23.8. The fraction of sp³-hybridized carbons (Fsp3) is 0. The van der Waals surface area contributed by atoms with Gasteiger partial charge in [0.25, 0.3) is 0 Å². The second kappa shape index (κ2) is 11.8. The average molecular weight is 609 g/mol. The van der Waals surface area contributed by atoms with Crippen LogP contribution in [0.1, 0.15) is 0 Å². The number of hydrogen-bond donors (Lipinski definition) is 0. The van der Waals surface area contributed by atoms with Gasteiger partial charge in [0.15, 0.2) is 0 Å². The SMILES string of the molecule is c1ccc(-c2cccc(-c3ccccc3)c2-c2ccc3cc(-c4c5ccccc5c(-c5ccccc5)c5ccccc45)ccc3c2)cc1. The third-order valence-electron chi connectivity index (χ3n) is 9.65. The normalized spacial score (nSPS) is 11.3. The van der Waals surface area contributed by atoms with Crippen molar-refractivity contribution in [2.24, 2.45) is 0 Å². The van der Waals surface area contributed by atoms with E-state index in [0.29, 0.717) is 0 Å². The molecule has 0 nitrogen and oxygen atoms in total. The van der Waals surface area contributed by atoms with Crippen LogP contribution in [0, 0.1) is 0 Å². The van der Waals surface area contributed by atoms with Crippen molar-refractivity contribution >= 4 is 32.3 Å². The smallest absolute Gasteiger partial charge is 0.00262 e. The molecule has 0 fully saturated rings. The summed E-state index contributed by atoms with van der Waals surface area (Å²) in [4.78, 5) is 0. The van der Waals surface area contributed by atoms with Crippen LogP contribution in [-0.4, -0.2) is 0 Å². The first kappa shape index (κ1) is 28.0. The van der Waals surface area contributed by atoms with Crippen molar-refractivity contribution in [3.8, 4) is 55.6 Å². The van der Waals surface area contributed by atoms with Gasteiger partial charge in [-0.1, -0.05) is 182 Å². The van der Waals surface area contributed by atoms with E-state index in [1.54, 1.807) is 0 Å². The standard InChI is InChI=1S/C48H32/c1-4-15-33(16-5-1)40-25-14-26-41(34-17-6-2-7-18-34)47(40)38-29-27-37-32-39(30-28-36(37)31-38)48-44-23-12-10-21-42(44)46(35-19-8-3-9-20-35)43-22-11-13-24-45(43)48/h1-32H. The molecule has 0 radical (unpaired) electrons. The Hall–Kier alpha value is -6.24. The van der Waals surface area contributed by atoms with Crippen molar-refractivity contribution in [1.29, 1.82) is 0 Å². The summed E-state index contributed by atoms with van der Waals surface area (Å²) in [6.07, 6.45) is 0. The Morgan fingerprint density at radius 3 is 1.00 bits per heavy atom. The molecule has 9 aromatic carbocycles. The molecule has 0 N–H and O–H groups in total. The van der Waals surface area contributed by atoms with Crippen LogP contribution >= 0.6 is 0 Å². The molecule has 0 saturated heterocycles. The van der Waals surface area contributed by atoms with E-state index in [9.17, 15) is 0 Å². The highest BCUT2D eigenvalue weighted by Gasteiger charge is 2.18. The van der Waals surface area contributed by atoms with Gasteiger partial charge in [0.05, 0.1) is 0 Å². The number of hydrogen-bond acceptors (Lipinski definition) is 0. The van der Waals surface area contributed by atoms with Crippen LogP contribution in [0.25, 0.3) is 88.0 Å². The minimum atomic E-state index is 1.22. The van der Waals surface area contributed by atoms with Crippen molar-refractivity contribution < 1.29 is 0 Å². The maximum absolute atomic E-state index is 2.37. The summed E-state index contributed by atoms with van der Waals surface area (Å²) in [6.45, 7) is 0. The molecule has 0 bridgehead atoms. The molecule has 0 aliphatic rings. The van der Waals surface area contributed by atoms with Gasteiger partial charge >= 0.3 is 0 Å². The zero-order valence-corrected chi connectivity index (χ0v) is 26.5. The minimum absolute atomic E-state index is 1.22. The van der Waals surface area contributed by atoms with Gasteiger partial charge in [0.2, 0.25) is 0 Å². The number of rotatable bonds is 5. The van der Waals surface area contributed by atoms with Gasteiger partial charge in [-0.2, -0.15) is 0 Å². The molecule has 9 rings (SSSR count). The highest BCUT2D eigenvalue weighted by molar-refractivity contribution is 6.21. The largest absolute Gasteiger partial charge is 0.0622 e. The second-order valence-corrected chi connectivity index (χ2v) is 12.4. The van der Waals surface area contributed by atoms with Crippen LogP contribution < -0.4 is 0 Å². The molecule has 0 heterocycles. The van der Waals surface area contributed by atoms with Gasteiger partial charge in [0.1, 0.15) is 0 Å². The van der Waals surface area contributed by atoms with Gasteiger partial charge in [-0.05, 0) is 100 Å². The van der Waals surface area contributed by atoms with Crippen molar-refractivity contribution in [3.63, 3.8) is 0 Å². The van der Waals surface area contributed by atoms with E-state index in [1.165, 1.54) is 88.0 Å². The Morgan fingerprint density at radius 2 is 0.562 bits per heavy atom. The van der Waals surface area contributed by atoms with E-state index in [0.717, 1.165) is 0 Å². The third-order valence-corrected chi connectivity index (χ3v) is 9.65. The molecule has 0 atom stereocenters. The van der Waals surface area contributed by atoms with Crippen molar-refractivity contribution in [2.45, 2.75) is 0 Å². The molecule has 0 aliphatic carbocycles. The van der Waals surface area contributed by atoms with Gasteiger partial charge in [-0.25, -0.2) is 0 Å². The summed E-state index contributed by atoms with van der Waals surface area (Å²) in [7, 11) is 0. The molecule has 48 heavy (non-hydrogen) atoms. The Labute approximate surface area is 281 Å². The lowest BCUT2D eigenvalue weighted by atomic mass is 9.85. The first-order valence-electron chi connectivity index (χ1n) is 16.6. The van der Waals surface area contributed by atoms with Crippen LogP contribution in [0.15, 0.2) is 194 Å². The van der Waals surface area contributed by atoms with Crippen LogP contribution in [0.4, 0.5) is 0 Å². The number of benzene rings is 9. The van der Waals surface area contributed by atoms with Gasteiger partial charge in [0, 0.05) is 0 Å². The van der Waals surface area contributed by atoms with Crippen LogP contribution in [0.3, 0.4) is 0 Å². The Bertz CT molecular complexity index is 2460. The van der Waals surface area contributed by atoms with E-state index in [1.807, 2.05) is 0 Å². The lowest BCUT2D eigenvalue weighted by Crippen LogP contribution is -1.92. The van der Waals surface area contributed by atoms with Gasteiger partial charge in [-0.15, -0.1) is 0 Å². The molecule has 224 valence electrons. The second-order valence-electron chi connectivity index (χ2n) is 12.4. The molecule has 0 saturated carbocycles. The van der Waals surface area contributed by atoms with Crippen molar-refractivity contribution in [2.75, 3.05) is 0 Å². The Kier molecular flexibility index (Phi) is 6.91. The quantitative estimate of drug-likeness (QED) is 0.171.